The normalized spacial score (nSPS) is 9.89. The zero-order valence-corrected chi connectivity index (χ0v) is 11.9. The summed E-state index contributed by atoms with van der Waals surface area (Å²) < 4.78 is 0.539. The first-order chi connectivity index (χ1) is 9.10. The molecule has 2 rings (SSSR count). The number of aromatic nitrogens is 1. The maximum atomic E-state index is 11.0. The summed E-state index contributed by atoms with van der Waals surface area (Å²) in [5.74, 6) is -0.984. The van der Waals surface area contributed by atoms with Gasteiger partial charge in [-0.15, -0.1) is 0 Å². The highest BCUT2D eigenvalue weighted by atomic mass is 79.9. The van der Waals surface area contributed by atoms with E-state index in [1.807, 2.05) is 6.07 Å². The van der Waals surface area contributed by atoms with Crippen molar-refractivity contribution in [1.29, 1.82) is 5.26 Å². The van der Waals surface area contributed by atoms with Gasteiger partial charge in [0.2, 0.25) is 0 Å². The van der Waals surface area contributed by atoms with E-state index >= 15 is 0 Å². The highest BCUT2D eigenvalue weighted by Crippen LogP contribution is 2.29. The predicted molar refractivity (Wildman–Crippen MR) is 74.2 cm³/mol. The fourth-order valence-corrected chi connectivity index (χ4v) is 2.57. The van der Waals surface area contributed by atoms with Crippen molar-refractivity contribution in [3.63, 3.8) is 0 Å². The molecule has 0 unspecified atom stereocenters. The number of aromatic carboxylic acids is 1. The molecule has 1 aromatic heterocycles. The Kier molecular flexibility index (Phi) is 4.20. The van der Waals surface area contributed by atoms with Crippen molar-refractivity contribution in [3.8, 4) is 6.07 Å². The van der Waals surface area contributed by atoms with Crippen molar-refractivity contribution in [1.82, 2.24) is 4.98 Å². The van der Waals surface area contributed by atoms with E-state index in [4.69, 9.17) is 10.4 Å². The summed E-state index contributed by atoms with van der Waals surface area (Å²) in [6, 6.07) is 10.5. The van der Waals surface area contributed by atoms with Crippen LogP contribution >= 0.6 is 27.7 Å². The zero-order chi connectivity index (χ0) is 13.8. The number of nitrogens with zero attached hydrogens (tertiary/aromatic N) is 2. The van der Waals surface area contributed by atoms with Crippen LogP contribution in [0.3, 0.4) is 0 Å². The molecule has 0 radical (unpaired) electrons. The second-order valence-electron chi connectivity index (χ2n) is 3.55. The van der Waals surface area contributed by atoms with Crippen molar-refractivity contribution in [2.24, 2.45) is 0 Å². The second-order valence-corrected chi connectivity index (χ2v) is 5.49. The van der Waals surface area contributed by atoms with E-state index in [2.05, 4.69) is 20.9 Å². The van der Waals surface area contributed by atoms with Crippen LogP contribution < -0.4 is 0 Å². The maximum Gasteiger partial charge on any atom is 0.336 e. The van der Waals surface area contributed by atoms with Gasteiger partial charge in [0, 0.05) is 15.6 Å². The lowest BCUT2D eigenvalue weighted by atomic mass is 10.2. The number of halogens is 1. The number of carboxylic acids is 1. The number of rotatable bonds is 3. The zero-order valence-electron chi connectivity index (χ0n) is 9.50. The minimum atomic E-state index is -0.984. The average Bonchev–Trinajstić information content (AvgIpc) is 2.41. The van der Waals surface area contributed by atoms with Gasteiger partial charge in [-0.25, -0.2) is 9.78 Å². The SMILES string of the molecule is N#Cc1ccc(Sc2ccc(Br)c(C(=O)O)c2)nc1. The van der Waals surface area contributed by atoms with Gasteiger partial charge in [-0.2, -0.15) is 5.26 Å². The summed E-state index contributed by atoms with van der Waals surface area (Å²) in [5.41, 5.74) is 0.699. The molecule has 94 valence electrons. The van der Waals surface area contributed by atoms with Crippen molar-refractivity contribution < 1.29 is 9.90 Å². The third-order valence-corrected chi connectivity index (χ3v) is 3.89. The molecule has 0 fully saturated rings. The molecule has 0 aliphatic heterocycles. The van der Waals surface area contributed by atoms with Gasteiger partial charge in [-0.1, -0.05) is 11.8 Å². The van der Waals surface area contributed by atoms with E-state index in [-0.39, 0.29) is 5.56 Å². The van der Waals surface area contributed by atoms with Crippen molar-refractivity contribution >= 4 is 33.7 Å². The number of hydrogen-bond acceptors (Lipinski definition) is 4. The van der Waals surface area contributed by atoms with E-state index in [1.165, 1.54) is 18.0 Å². The quantitative estimate of drug-likeness (QED) is 0.928. The molecular weight excluding hydrogens is 328 g/mol. The predicted octanol–water partition coefficient (Wildman–Crippen LogP) is 3.57. The van der Waals surface area contributed by atoms with Gasteiger partial charge in [0.25, 0.3) is 0 Å². The van der Waals surface area contributed by atoms with Crippen LogP contribution in [0, 0.1) is 11.3 Å². The van der Waals surface area contributed by atoms with Gasteiger partial charge in [0.1, 0.15) is 11.1 Å². The summed E-state index contributed by atoms with van der Waals surface area (Å²) >= 11 is 4.54. The summed E-state index contributed by atoms with van der Waals surface area (Å²) in [4.78, 5) is 15.9. The molecule has 0 aliphatic rings. The van der Waals surface area contributed by atoms with E-state index in [1.54, 1.807) is 30.3 Å². The lowest BCUT2D eigenvalue weighted by Gasteiger charge is -2.04. The fourth-order valence-electron chi connectivity index (χ4n) is 1.36. The molecule has 19 heavy (non-hydrogen) atoms. The molecule has 1 heterocycles. The van der Waals surface area contributed by atoms with Crippen LogP contribution in [0.25, 0.3) is 0 Å². The molecule has 0 aliphatic carbocycles. The van der Waals surface area contributed by atoms with Crippen LogP contribution in [-0.4, -0.2) is 16.1 Å². The lowest BCUT2D eigenvalue weighted by Crippen LogP contribution is -1.97. The van der Waals surface area contributed by atoms with Gasteiger partial charge in [0.05, 0.1) is 11.1 Å². The molecule has 1 N–H and O–H groups in total. The third-order valence-electron chi connectivity index (χ3n) is 2.26. The van der Waals surface area contributed by atoms with Gasteiger partial charge in [0.15, 0.2) is 0 Å². The Morgan fingerprint density at radius 2 is 2.16 bits per heavy atom. The van der Waals surface area contributed by atoms with Gasteiger partial charge < -0.3 is 5.11 Å². The van der Waals surface area contributed by atoms with Gasteiger partial charge >= 0.3 is 5.97 Å². The molecule has 0 spiro atoms. The first-order valence-corrected chi connectivity index (χ1v) is 6.78. The number of nitriles is 1. The van der Waals surface area contributed by atoms with Crippen LogP contribution in [0.4, 0.5) is 0 Å². The Hall–Kier alpha value is -1.84. The smallest absolute Gasteiger partial charge is 0.336 e. The van der Waals surface area contributed by atoms with Crippen molar-refractivity contribution in [3.05, 3.63) is 52.1 Å². The molecule has 4 nitrogen and oxygen atoms in total. The summed E-state index contributed by atoms with van der Waals surface area (Å²) in [6.45, 7) is 0. The minimum absolute atomic E-state index is 0.207. The number of carbonyl (C=O) groups is 1. The molecule has 0 amide bonds. The second kappa shape index (κ2) is 5.87. The molecule has 6 heteroatoms. The van der Waals surface area contributed by atoms with Gasteiger partial charge in [-0.05, 0) is 46.3 Å². The monoisotopic (exact) mass is 334 g/mol. The Bertz CT molecular complexity index is 665. The standard InChI is InChI=1S/C13H7BrN2O2S/c14-11-3-2-9(5-10(11)13(17)18)19-12-4-1-8(6-15)7-16-12/h1-5,7H,(H,17,18). The largest absolute Gasteiger partial charge is 0.478 e. The third kappa shape index (κ3) is 3.34. The van der Waals surface area contributed by atoms with E-state index in [0.29, 0.717) is 15.1 Å². The molecule has 0 saturated heterocycles. The highest BCUT2D eigenvalue weighted by molar-refractivity contribution is 9.10. The molecule has 0 bridgehead atoms. The Morgan fingerprint density at radius 3 is 2.74 bits per heavy atom. The summed E-state index contributed by atoms with van der Waals surface area (Å²) in [5, 5.41) is 18.4. The molecule has 2 aromatic rings. The minimum Gasteiger partial charge on any atom is -0.478 e. The van der Waals surface area contributed by atoms with Crippen LogP contribution in [-0.2, 0) is 0 Å². The number of carboxylic acid groups (broad SMARTS) is 1. The Labute approximate surface area is 122 Å². The van der Waals surface area contributed by atoms with Crippen LogP contribution in [0.5, 0.6) is 0 Å². The summed E-state index contributed by atoms with van der Waals surface area (Å²) in [7, 11) is 0. The van der Waals surface area contributed by atoms with Gasteiger partial charge in [-0.3, -0.25) is 0 Å². The fraction of sp³-hybridized carbons (Fsp3) is 0. The molecule has 0 saturated carbocycles. The van der Waals surface area contributed by atoms with E-state index in [9.17, 15) is 4.79 Å². The van der Waals surface area contributed by atoms with Crippen molar-refractivity contribution in [2.75, 3.05) is 0 Å². The van der Waals surface area contributed by atoms with Crippen molar-refractivity contribution in [2.45, 2.75) is 9.92 Å². The van der Waals surface area contributed by atoms with Crippen LogP contribution in [0.1, 0.15) is 15.9 Å². The Morgan fingerprint density at radius 1 is 1.37 bits per heavy atom. The van der Waals surface area contributed by atoms with Crippen LogP contribution in [0.15, 0.2) is 50.9 Å². The topological polar surface area (TPSA) is 74.0 Å². The molecule has 1 aromatic carbocycles. The number of benzene rings is 1. The number of pyridine rings is 1. The highest BCUT2D eigenvalue weighted by Gasteiger charge is 2.10. The van der Waals surface area contributed by atoms with Crippen LogP contribution in [0.2, 0.25) is 0 Å². The first kappa shape index (κ1) is 13.6. The first-order valence-electron chi connectivity index (χ1n) is 5.17. The Balaban J connectivity index is 2.25. The van der Waals surface area contributed by atoms with E-state index in [0.717, 1.165) is 4.90 Å². The maximum absolute atomic E-state index is 11.0. The molecule has 0 atom stereocenters. The average molecular weight is 335 g/mol. The summed E-state index contributed by atoms with van der Waals surface area (Å²) in [6.07, 6.45) is 1.49. The number of hydrogen-bond donors (Lipinski definition) is 1. The van der Waals surface area contributed by atoms with E-state index < -0.39 is 5.97 Å². The lowest BCUT2D eigenvalue weighted by molar-refractivity contribution is 0.0695. The molecular formula is C13H7BrN2O2S.